The number of rotatable bonds is 7. The van der Waals surface area contributed by atoms with Crippen molar-refractivity contribution in [1.29, 1.82) is 0 Å². The summed E-state index contributed by atoms with van der Waals surface area (Å²) >= 11 is 0. The Balaban J connectivity index is 1.31. The molecule has 0 spiro atoms. The molecule has 0 aliphatic carbocycles. The third-order valence-electron chi connectivity index (χ3n) is 5.06. The summed E-state index contributed by atoms with van der Waals surface area (Å²) in [7, 11) is -2.08. The summed E-state index contributed by atoms with van der Waals surface area (Å²) in [6.45, 7) is 0.757. The summed E-state index contributed by atoms with van der Waals surface area (Å²) in [5, 5.41) is 3.93. The number of aromatic nitrogens is 3. The zero-order chi connectivity index (χ0) is 22.0. The summed E-state index contributed by atoms with van der Waals surface area (Å²) in [6, 6.07) is 8.20. The fourth-order valence-corrected chi connectivity index (χ4v) is 4.75. The molecule has 1 aliphatic rings. The summed E-state index contributed by atoms with van der Waals surface area (Å²) < 4.78 is 45.0. The topological polar surface area (TPSA) is 110 Å². The van der Waals surface area contributed by atoms with E-state index in [-0.39, 0.29) is 29.8 Å². The van der Waals surface area contributed by atoms with E-state index in [0.29, 0.717) is 30.2 Å². The van der Waals surface area contributed by atoms with Gasteiger partial charge in [0, 0.05) is 51.1 Å². The van der Waals surface area contributed by atoms with Gasteiger partial charge in [0.2, 0.25) is 15.9 Å². The molecule has 0 bridgehead atoms. The third kappa shape index (κ3) is 4.47. The highest BCUT2D eigenvalue weighted by molar-refractivity contribution is 7.89. The Hall–Kier alpha value is -3.18. The smallest absolute Gasteiger partial charge is 0.253 e. The van der Waals surface area contributed by atoms with Crippen molar-refractivity contribution < 1.29 is 22.1 Å². The molecule has 1 aliphatic heterocycles. The highest BCUT2D eigenvalue weighted by Gasteiger charge is 2.40. The van der Waals surface area contributed by atoms with Gasteiger partial charge in [0.25, 0.3) is 5.91 Å². The second kappa shape index (κ2) is 8.52. The largest absolute Gasteiger partial charge is 0.341 e. The van der Waals surface area contributed by atoms with Gasteiger partial charge in [-0.05, 0) is 30.3 Å². The fraction of sp³-hybridized carbons (Fsp3) is 0.300. The predicted molar refractivity (Wildman–Crippen MR) is 107 cm³/mol. The standard InChI is InChI=1S/C20H20FN5O4S/c1-25(20(27)14-5-8-22-9-6-14)10-7-18-23-19(30-24-18)15-12-26(13-15)31(28,29)17-4-2-3-16(21)11-17/h2-6,8-9,11,15H,7,10,12-13H2,1H3. The van der Waals surface area contributed by atoms with Crippen molar-refractivity contribution >= 4 is 15.9 Å². The number of halogens is 1. The van der Waals surface area contributed by atoms with E-state index in [1.165, 1.54) is 22.5 Å². The molecular formula is C20H20FN5O4S. The van der Waals surface area contributed by atoms with Gasteiger partial charge in [0.05, 0.1) is 10.8 Å². The van der Waals surface area contributed by atoms with Crippen LogP contribution in [0.2, 0.25) is 0 Å². The second-order valence-electron chi connectivity index (χ2n) is 7.24. The monoisotopic (exact) mass is 445 g/mol. The zero-order valence-corrected chi connectivity index (χ0v) is 17.5. The Morgan fingerprint density at radius 2 is 2.00 bits per heavy atom. The number of nitrogens with zero attached hydrogens (tertiary/aromatic N) is 5. The molecule has 1 aromatic carbocycles. The number of amides is 1. The molecule has 1 amide bonds. The second-order valence-corrected chi connectivity index (χ2v) is 9.18. The molecule has 4 rings (SSSR count). The number of pyridine rings is 1. The highest BCUT2D eigenvalue weighted by atomic mass is 32.2. The van der Waals surface area contributed by atoms with E-state index in [2.05, 4.69) is 15.1 Å². The van der Waals surface area contributed by atoms with Crippen molar-refractivity contribution in [1.82, 2.24) is 24.3 Å². The van der Waals surface area contributed by atoms with Crippen molar-refractivity contribution in [3.8, 4) is 0 Å². The molecule has 3 aromatic rings. The maximum Gasteiger partial charge on any atom is 0.253 e. The maximum absolute atomic E-state index is 13.4. The molecule has 1 saturated heterocycles. The van der Waals surface area contributed by atoms with Crippen LogP contribution in [0.5, 0.6) is 0 Å². The van der Waals surface area contributed by atoms with E-state index >= 15 is 0 Å². The first kappa shape index (κ1) is 21.1. The average Bonchev–Trinajstić information content (AvgIpc) is 3.19. The summed E-state index contributed by atoms with van der Waals surface area (Å²) in [5.41, 5.74) is 0.542. The van der Waals surface area contributed by atoms with E-state index in [0.717, 1.165) is 6.07 Å². The molecule has 2 aromatic heterocycles. The first-order valence-electron chi connectivity index (χ1n) is 9.58. The van der Waals surface area contributed by atoms with E-state index in [9.17, 15) is 17.6 Å². The molecule has 3 heterocycles. The third-order valence-corrected chi connectivity index (χ3v) is 6.89. The van der Waals surface area contributed by atoms with Crippen LogP contribution in [-0.4, -0.2) is 65.3 Å². The molecule has 0 radical (unpaired) electrons. The zero-order valence-electron chi connectivity index (χ0n) is 16.7. The minimum atomic E-state index is -3.76. The Morgan fingerprint density at radius 1 is 1.26 bits per heavy atom. The molecule has 162 valence electrons. The molecule has 11 heteroatoms. The Morgan fingerprint density at radius 3 is 2.71 bits per heavy atom. The van der Waals surface area contributed by atoms with Gasteiger partial charge in [0.1, 0.15) is 5.82 Å². The fourth-order valence-electron chi connectivity index (χ4n) is 3.19. The van der Waals surface area contributed by atoms with Crippen LogP contribution < -0.4 is 0 Å². The minimum absolute atomic E-state index is 0.0842. The first-order chi connectivity index (χ1) is 14.8. The lowest BCUT2D eigenvalue weighted by Crippen LogP contribution is -2.48. The van der Waals surface area contributed by atoms with Crippen LogP contribution in [0.1, 0.15) is 28.0 Å². The van der Waals surface area contributed by atoms with Crippen molar-refractivity contribution in [2.45, 2.75) is 17.2 Å². The maximum atomic E-state index is 13.4. The number of hydrogen-bond acceptors (Lipinski definition) is 7. The van der Waals surface area contributed by atoms with Crippen LogP contribution in [0.3, 0.4) is 0 Å². The number of hydrogen-bond donors (Lipinski definition) is 0. The van der Waals surface area contributed by atoms with Gasteiger partial charge >= 0.3 is 0 Å². The summed E-state index contributed by atoms with van der Waals surface area (Å²) in [6.07, 6.45) is 3.51. The lowest BCUT2D eigenvalue weighted by molar-refractivity contribution is 0.0795. The Labute approximate surface area is 178 Å². The molecular weight excluding hydrogens is 425 g/mol. The Kier molecular flexibility index (Phi) is 5.79. The number of likely N-dealkylation sites (N-methyl/N-ethyl adjacent to an activating group) is 1. The average molecular weight is 445 g/mol. The Bertz CT molecular complexity index is 1180. The lowest BCUT2D eigenvalue weighted by Gasteiger charge is -2.35. The van der Waals surface area contributed by atoms with E-state index in [1.54, 1.807) is 36.5 Å². The SMILES string of the molecule is CN(CCc1noc(C2CN(S(=O)(=O)c3cccc(F)c3)C2)n1)C(=O)c1ccncc1. The lowest BCUT2D eigenvalue weighted by atomic mass is 10.0. The van der Waals surface area contributed by atoms with Crippen LogP contribution in [0.15, 0.2) is 58.2 Å². The first-order valence-corrected chi connectivity index (χ1v) is 11.0. The van der Waals surface area contributed by atoms with Crippen molar-refractivity contribution in [2.24, 2.45) is 0 Å². The van der Waals surface area contributed by atoms with Crippen LogP contribution in [0.25, 0.3) is 0 Å². The number of sulfonamides is 1. The minimum Gasteiger partial charge on any atom is -0.341 e. The van der Waals surface area contributed by atoms with Crippen molar-refractivity contribution in [2.75, 3.05) is 26.7 Å². The van der Waals surface area contributed by atoms with Crippen molar-refractivity contribution in [3.05, 3.63) is 71.9 Å². The molecule has 0 unspecified atom stereocenters. The van der Waals surface area contributed by atoms with Crippen LogP contribution in [-0.2, 0) is 16.4 Å². The number of benzene rings is 1. The molecule has 1 fully saturated rings. The van der Waals surface area contributed by atoms with E-state index < -0.39 is 15.8 Å². The normalized spacial score (nSPS) is 14.9. The van der Waals surface area contributed by atoms with Crippen LogP contribution in [0, 0.1) is 5.82 Å². The molecule has 0 atom stereocenters. The molecule has 9 nitrogen and oxygen atoms in total. The number of carbonyl (C=O) groups is 1. The van der Waals surface area contributed by atoms with Crippen LogP contribution in [0.4, 0.5) is 4.39 Å². The van der Waals surface area contributed by atoms with Crippen LogP contribution >= 0.6 is 0 Å². The van der Waals surface area contributed by atoms with Gasteiger partial charge in [0.15, 0.2) is 5.82 Å². The molecule has 31 heavy (non-hydrogen) atoms. The van der Waals surface area contributed by atoms with Gasteiger partial charge in [-0.15, -0.1) is 0 Å². The summed E-state index contributed by atoms with van der Waals surface area (Å²) in [5.74, 6) is -0.171. The van der Waals surface area contributed by atoms with Gasteiger partial charge in [-0.25, -0.2) is 12.8 Å². The van der Waals surface area contributed by atoms with Gasteiger partial charge in [-0.3, -0.25) is 9.78 Å². The van der Waals surface area contributed by atoms with Crippen molar-refractivity contribution in [3.63, 3.8) is 0 Å². The van der Waals surface area contributed by atoms with E-state index in [1.807, 2.05) is 0 Å². The van der Waals surface area contributed by atoms with Gasteiger partial charge in [-0.1, -0.05) is 11.2 Å². The van der Waals surface area contributed by atoms with Gasteiger partial charge < -0.3 is 9.42 Å². The van der Waals surface area contributed by atoms with E-state index in [4.69, 9.17) is 4.52 Å². The summed E-state index contributed by atoms with van der Waals surface area (Å²) in [4.78, 5) is 22.1. The highest BCUT2D eigenvalue weighted by Crippen LogP contribution is 2.31. The molecule has 0 saturated carbocycles. The molecule has 0 N–H and O–H groups in total. The quantitative estimate of drug-likeness (QED) is 0.544. The van der Waals surface area contributed by atoms with Gasteiger partial charge in [-0.2, -0.15) is 9.29 Å². The predicted octanol–water partition coefficient (Wildman–Crippen LogP) is 1.71. The number of carbonyl (C=O) groups excluding carboxylic acids is 1.